The highest BCUT2D eigenvalue weighted by molar-refractivity contribution is 5.23. The Bertz CT molecular complexity index is 321. The lowest BCUT2D eigenvalue weighted by Gasteiger charge is -2.20. The van der Waals surface area contributed by atoms with Gasteiger partial charge in [0.2, 0.25) is 0 Å². The second-order valence-corrected chi connectivity index (χ2v) is 3.17. The van der Waals surface area contributed by atoms with E-state index in [2.05, 4.69) is 5.32 Å². The monoisotopic (exact) mass is 221 g/mol. The predicted molar refractivity (Wildman–Crippen MR) is 49.1 cm³/mol. The van der Waals surface area contributed by atoms with Crippen molar-refractivity contribution in [3.8, 4) is 0 Å². The summed E-state index contributed by atoms with van der Waals surface area (Å²) in [5, 5.41) is 2.41. The van der Waals surface area contributed by atoms with E-state index in [-0.39, 0.29) is 12.1 Å². The van der Waals surface area contributed by atoms with Gasteiger partial charge in [0.15, 0.2) is 0 Å². The normalized spacial score (nSPS) is 13.9. The van der Waals surface area contributed by atoms with Gasteiger partial charge in [-0.15, -0.1) is 0 Å². The first-order chi connectivity index (χ1) is 6.96. The predicted octanol–water partition coefficient (Wildman–Crippen LogP) is 2.69. The lowest BCUT2D eigenvalue weighted by atomic mass is 9.98. The third kappa shape index (κ3) is 2.92. The largest absolute Gasteiger partial charge is 0.397 e. The van der Waals surface area contributed by atoms with Crippen LogP contribution in [-0.2, 0) is 0 Å². The Kier molecular flexibility index (Phi) is 3.68. The van der Waals surface area contributed by atoms with Crippen molar-refractivity contribution in [3.63, 3.8) is 0 Å². The number of alkyl halides is 3. The van der Waals surface area contributed by atoms with E-state index in [1.54, 1.807) is 0 Å². The summed E-state index contributed by atoms with van der Waals surface area (Å²) in [4.78, 5) is 0. The molecule has 1 N–H and O–H groups in total. The zero-order chi connectivity index (χ0) is 11.5. The maximum Gasteiger partial charge on any atom is 0.397 e. The molecule has 0 aliphatic rings. The standard InChI is InChI=1S/C10H11F4N/c1-15-6-8(10(12,13)14)7-4-2-3-5-9(7)11/h2-5,8,15H,6H2,1H3. The van der Waals surface area contributed by atoms with Crippen LogP contribution in [0.3, 0.4) is 0 Å². The van der Waals surface area contributed by atoms with Crippen LogP contribution < -0.4 is 5.32 Å². The summed E-state index contributed by atoms with van der Waals surface area (Å²) in [6.07, 6.45) is -4.44. The van der Waals surface area contributed by atoms with Crippen molar-refractivity contribution in [1.29, 1.82) is 0 Å². The fraction of sp³-hybridized carbons (Fsp3) is 0.400. The Morgan fingerprint density at radius 2 is 1.87 bits per heavy atom. The SMILES string of the molecule is CNCC(c1ccccc1F)C(F)(F)F. The first-order valence-electron chi connectivity index (χ1n) is 4.42. The molecule has 0 heterocycles. The summed E-state index contributed by atoms with van der Waals surface area (Å²) < 4.78 is 50.9. The topological polar surface area (TPSA) is 12.0 Å². The highest BCUT2D eigenvalue weighted by Crippen LogP contribution is 2.35. The maximum atomic E-state index is 13.2. The molecular weight excluding hydrogens is 210 g/mol. The summed E-state index contributed by atoms with van der Waals surface area (Å²) in [5.74, 6) is -2.63. The van der Waals surface area contributed by atoms with Gasteiger partial charge < -0.3 is 5.32 Å². The van der Waals surface area contributed by atoms with Gasteiger partial charge in [0.05, 0.1) is 5.92 Å². The molecule has 15 heavy (non-hydrogen) atoms. The molecule has 0 fully saturated rings. The minimum Gasteiger partial charge on any atom is -0.319 e. The first-order valence-corrected chi connectivity index (χ1v) is 4.42. The van der Waals surface area contributed by atoms with Crippen LogP contribution >= 0.6 is 0 Å². The van der Waals surface area contributed by atoms with Gasteiger partial charge in [-0.1, -0.05) is 18.2 Å². The van der Waals surface area contributed by atoms with Gasteiger partial charge in [-0.05, 0) is 13.1 Å². The summed E-state index contributed by atoms with van der Waals surface area (Å²) in [5.41, 5.74) is -0.320. The number of hydrogen-bond acceptors (Lipinski definition) is 1. The molecule has 1 unspecified atom stereocenters. The molecule has 1 atom stereocenters. The third-order valence-corrected chi connectivity index (χ3v) is 2.08. The Hall–Kier alpha value is -1.10. The molecular formula is C10H11F4N. The molecule has 84 valence electrons. The van der Waals surface area contributed by atoms with Crippen LogP contribution in [0.5, 0.6) is 0 Å². The van der Waals surface area contributed by atoms with Gasteiger partial charge >= 0.3 is 6.18 Å². The number of rotatable bonds is 3. The zero-order valence-electron chi connectivity index (χ0n) is 8.11. The van der Waals surface area contributed by atoms with Crippen LogP contribution in [0.2, 0.25) is 0 Å². The molecule has 0 spiro atoms. The lowest BCUT2D eigenvalue weighted by molar-refractivity contribution is -0.149. The molecule has 1 nitrogen and oxygen atoms in total. The van der Waals surface area contributed by atoms with E-state index in [1.807, 2.05) is 0 Å². The minimum absolute atomic E-state index is 0.320. The highest BCUT2D eigenvalue weighted by atomic mass is 19.4. The fourth-order valence-electron chi connectivity index (χ4n) is 1.36. The van der Waals surface area contributed by atoms with E-state index in [0.29, 0.717) is 0 Å². The summed E-state index contributed by atoms with van der Waals surface area (Å²) in [7, 11) is 1.40. The second-order valence-electron chi connectivity index (χ2n) is 3.17. The van der Waals surface area contributed by atoms with E-state index >= 15 is 0 Å². The van der Waals surface area contributed by atoms with Crippen molar-refractivity contribution in [3.05, 3.63) is 35.6 Å². The van der Waals surface area contributed by atoms with Gasteiger partial charge in [0.25, 0.3) is 0 Å². The number of benzene rings is 1. The van der Waals surface area contributed by atoms with Crippen LogP contribution in [0, 0.1) is 5.82 Å². The van der Waals surface area contributed by atoms with Crippen molar-refractivity contribution < 1.29 is 17.6 Å². The van der Waals surface area contributed by atoms with Crippen LogP contribution in [0.1, 0.15) is 11.5 Å². The maximum absolute atomic E-state index is 13.2. The zero-order valence-corrected chi connectivity index (χ0v) is 8.11. The van der Waals surface area contributed by atoms with Crippen LogP contribution in [0.15, 0.2) is 24.3 Å². The van der Waals surface area contributed by atoms with Gasteiger partial charge in [-0.2, -0.15) is 13.2 Å². The second kappa shape index (κ2) is 4.61. The van der Waals surface area contributed by atoms with Crippen molar-refractivity contribution >= 4 is 0 Å². The highest BCUT2D eigenvalue weighted by Gasteiger charge is 2.41. The molecule has 0 saturated heterocycles. The number of likely N-dealkylation sites (N-methyl/N-ethyl adjacent to an activating group) is 1. The Morgan fingerprint density at radius 3 is 2.33 bits per heavy atom. The molecule has 0 bridgehead atoms. The number of hydrogen-bond donors (Lipinski definition) is 1. The smallest absolute Gasteiger partial charge is 0.319 e. The molecule has 1 aromatic carbocycles. The molecule has 0 aliphatic carbocycles. The van der Waals surface area contributed by atoms with Gasteiger partial charge in [-0.25, -0.2) is 4.39 Å². The van der Waals surface area contributed by atoms with Crippen molar-refractivity contribution in [1.82, 2.24) is 5.32 Å². The summed E-state index contributed by atoms with van der Waals surface area (Å²) >= 11 is 0. The molecule has 1 aromatic rings. The first kappa shape index (κ1) is 12.0. The van der Waals surface area contributed by atoms with Crippen LogP contribution in [0.25, 0.3) is 0 Å². The summed E-state index contributed by atoms with van der Waals surface area (Å²) in [6.45, 7) is -0.329. The van der Waals surface area contributed by atoms with Gasteiger partial charge in [0, 0.05) is 12.1 Å². The average molecular weight is 221 g/mol. The molecule has 1 rings (SSSR count). The Morgan fingerprint density at radius 1 is 1.27 bits per heavy atom. The fourth-order valence-corrected chi connectivity index (χ4v) is 1.36. The lowest BCUT2D eigenvalue weighted by Crippen LogP contribution is -2.30. The molecule has 0 saturated carbocycles. The van der Waals surface area contributed by atoms with Crippen LogP contribution in [0.4, 0.5) is 17.6 Å². The van der Waals surface area contributed by atoms with E-state index in [0.717, 1.165) is 12.1 Å². The third-order valence-electron chi connectivity index (χ3n) is 2.08. The molecule has 0 amide bonds. The minimum atomic E-state index is -4.44. The van der Waals surface area contributed by atoms with E-state index in [4.69, 9.17) is 0 Å². The molecule has 5 heteroatoms. The van der Waals surface area contributed by atoms with E-state index < -0.39 is 17.9 Å². The Labute approximate surface area is 85.1 Å². The van der Waals surface area contributed by atoms with Gasteiger partial charge in [-0.3, -0.25) is 0 Å². The Balaban J connectivity index is 3.05. The number of nitrogens with one attached hydrogen (secondary N) is 1. The van der Waals surface area contributed by atoms with Crippen LogP contribution in [-0.4, -0.2) is 19.8 Å². The number of halogens is 4. The average Bonchev–Trinajstić information content (AvgIpc) is 2.14. The molecule has 0 aromatic heterocycles. The van der Waals surface area contributed by atoms with E-state index in [9.17, 15) is 17.6 Å². The van der Waals surface area contributed by atoms with Crippen molar-refractivity contribution in [2.75, 3.05) is 13.6 Å². The summed E-state index contributed by atoms with van der Waals surface area (Å²) in [6, 6.07) is 4.95. The van der Waals surface area contributed by atoms with Crippen molar-refractivity contribution in [2.24, 2.45) is 0 Å². The van der Waals surface area contributed by atoms with E-state index in [1.165, 1.54) is 19.2 Å². The van der Waals surface area contributed by atoms with Gasteiger partial charge in [0.1, 0.15) is 5.82 Å². The molecule has 0 radical (unpaired) electrons. The molecule has 0 aliphatic heterocycles. The van der Waals surface area contributed by atoms with Crippen molar-refractivity contribution in [2.45, 2.75) is 12.1 Å². The quantitative estimate of drug-likeness (QED) is 0.774.